The highest BCUT2D eigenvalue weighted by Gasteiger charge is 2.07. The van der Waals surface area contributed by atoms with Crippen LogP contribution in [0.15, 0.2) is 67.0 Å². The van der Waals surface area contributed by atoms with Crippen molar-refractivity contribution in [2.24, 2.45) is 0 Å². The SMILES string of the molecule is CCc1ccc(CCC(=O)Oc2ccc(-c3ncccn3)cc2)cc1. The quantitative estimate of drug-likeness (QED) is 0.500. The summed E-state index contributed by atoms with van der Waals surface area (Å²) in [7, 11) is 0. The van der Waals surface area contributed by atoms with Crippen molar-refractivity contribution in [2.75, 3.05) is 0 Å². The Morgan fingerprint density at radius 3 is 2.20 bits per heavy atom. The van der Waals surface area contributed by atoms with E-state index < -0.39 is 0 Å². The highest BCUT2D eigenvalue weighted by molar-refractivity contribution is 5.73. The Kier molecular flexibility index (Phi) is 5.52. The molecule has 0 aliphatic rings. The number of benzene rings is 2. The van der Waals surface area contributed by atoms with Gasteiger partial charge in [0.1, 0.15) is 5.75 Å². The van der Waals surface area contributed by atoms with Gasteiger partial charge in [-0.2, -0.15) is 0 Å². The Morgan fingerprint density at radius 2 is 1.56 bits per heavy atom. The van der Waals surface area contributed by atoms with E-state index in [-0.39, 0.29) is 5.97 Å². The minimum atomic E-state index is -0.233. The molecule has 0 saturated heterocycles. The van der Waals surface area contributed by atoms with Crippen LogP contribution >= 0.6 is 0 Å². The van der Waals surface area contributed by atoms with Crippen LogP contribution < -0.4 is 4.74 Å². The number of aryl methyl sites for hydroxylation is 2. The molecule has 4 nitrogen and oxygen atoms in total. The Morgan fingerprint density at radius 1 is 0.920 bits per heavy atom. The summed E-state index contributed by atoms with van der Waals surface area (Å²) >= 11 is 0. The van der Waals surface area contributed by atoms with Gasteiger partial charge in [-0.15, -0.1) is 0 Å². The third kappa shape index (κ3) is 4.73. The van der Waals surface area contributed by atoms with Crippen molar-refractivity contribution in [2.45, 2.75) is 26.2 Å². The number of carbonyl (C=O) groups is 1. The summed E-state index contributed by atoms with van der Waals surface area (Å²) in [6.07, 6.45) is 5.45. The molecule has 126 valence electrons. The summed E-state index contributed by atoms with van der Waals surface area (Å²) < 4.78 is 5.39. The minimum Gasteiger partial charge on any atom is -0.427 e. The Labute approximate surface area is 147 Å². The van der Waals surface area contributed by atoms with Crippen LogP contribution in [0.2, 0.25) is 0 Å². The molecular weight excluding hydrogens is 312 g/mol. The van der Waals surface area contributed by atoms with Gasteiger partial charge in [0.2, 0.25) is 0 Å². The van der Waals surface area contributed by atoms with E-state index in [0.29, 0.717) is 24.4 Å². The molecule has 0 spiro atoms. The van der Waals surface area contributed by atoms with Gasteiger partial charge in [0.05, 0.1) is 0 Å². The molecule has 1 aromatic heterocycles. The maximum atomic E-state index is 12.0. The molecule has 2 aromatic carbocycles. The Hall–Kier alpha value is -3.01. The van der Waals surface area contributed by atoms with Gasteiger partial charge in [-0.25, -0.2) is 9.97 Å². The zero-order valence-corrected chi connectivity index (χ0v) is 14.2. The van der Waals surface area contributed by atoms with Gasteiger partial charge in [-0.3, -0.25) is 4.79 Å². The molecule has 3 aromatic rings. The van der Waals surface area contributed by atoms with Crippen LogP contribution in [0.4, 0.5) is 0 Å². The smallest absolute Gasteiger partial charge is 0.311 e. The van der Waals surface area contributed by atoms with Crippen molar-refractivity contribution < 1.29 is 9.53 Å². The van der Waals surface area contributed by atoms with Gasteiger partial charge in [0.25, 0.3) is 0 Å². The molecule has 25 heavy (non-hydrogen) atoms. The molecule has 0 saturated carbocycles. The van der Waals surface area contributed by atoms with Crippen molar-refractivity contribution in [3.05, 3.63) is 78.1 Å². The number of hydrogen-bond acceptors (Lipinski definition) is 4. The van der Waals surface area contributed by atoms with Crippen LogP contribution in [0.3, 0.4) is 0 Å². The molecule has 0 unspecified atom stereocenters. The second-order valence-electron chi connectivity index (χ2n) is 5.74. The number of aromatic nitrogens is 2. The Bertz CT molecular complexity index is 813. The normalized spacial score (nSPS) is 10.4. The first-order chi connectivity index (χ1) is 12.2. The van der Waals surface area contributed by atoms with E-state index in [0.717, 1.165) is 17.5 Å². The summed E-state index contributed by atoms with van der Waals surface area (Å²) in [5.41, 5.74) is 3.33. The summed E-state index contributed by atoms with van der Waals surface area (Å²) in [4.78, 5) is 20.4. The van der Waals surface area contributed by atoms with Crippen LogP contribution in [-0.4, -0.2) is 15.9 Å². The second kappa shape index (κ2) is 8.20. The zero-order chi connectivity index (χ0) is 17.5. The lowest BCUT2D eigenvalue weighted by atomic mass is 10.1. The third-order valence-corrected chi connectivity index (χ3v) is 3.96. The highest BCUT2D eigenvalue weighted by atomic mass is 16.5. The van der Waals surface area contributed by atoms with E-state index in [1.165, 1.54) is 5.56 Å². The second-order valence-corrected chi connectivity index (χ2v) is 5.74. The standard InChI is InChI=1S/C21H20N2O2/c1-2-16-4-6-17(7-5-16)8-13-20(24)25-19-11-9-18(10-12-19)21-22-14-3-15-23-21/h3-7,9-12,14-15H,2,8,13H2,1H3. The number of rotatable bonds is 6. The molecule has 0 amide bonds. The summed E-state index contributed by atoms with van der Waals surface area (Å²) in [6.45, 7) is 2.13. The van der Waals surface area contributed by atoms with Gasteiger partial charge in [0, 0.05) is 24.4 Å². The van der Waals surface area contributed by atoms with E-state index in [2.05, 4.69) is 41.2 Å². The number of esters is 1. The maximum absolute atomic E-state index is 12.0. The van der Waals surface area contributed by atoms with Crippen LogP contribution in [0.25, 0.3) is 11.4 Å². The van der Waals surface area contributed by atoms with E-state index in [9.17, 15) is 4.79 Å². The molecule has 0 bridgehead atoms. The third-order valence-electron chi connectivity index (χ3n) is 3.96. The minimum absolute atomic E-state index is 0.233. The van der Waals surface area contributed by atoms with Crippen LogP contribution in [0.5, 0.6) is 5.75 Å². The fourth-order valence-corrected chi connectivity index (χ4v) is 2.49. The largest absolute Gasteiger partial charge is 0.427 e. The van der Waals surface area contributed by atoms with E-state index in [1.54, 1.807) is 30.6 Å². The first kappa shape index (κ1) is 16.8. The number of hydrogen-bond donors (Lipinski definition) is 0. The lowest BCUT2D eigenvalue weighted by molar-refractivity contribution is -0.134. The summed E-state index contributed by atoms with van der Waals surface area (Å²) in [5, 5.41) is 0. The van der Waals surface area contributed by atoms with E-state index >= 15 is 0 Å². The molecule has 4 heteroatoms. The summed E-state index contributed by atoms with van der Waals surface area (Å²) in [6, 6.07) is 17.3. The predicted octanol–water partition coefficient (Wildman–Crippen LogP) is 4.24. The molecule has 0 fully saturated rings. The lowest BCUT2D eigenvalue weighted by Crippen LogP contribution is -2.09. The molecule has 1 heterocycles. The van der Waals surface area contributed by atoms with Gasteiger partial charge in [-0.05, 0) is 54.3 Å². The predicted molar refractivity (Wildman–Crippen MR) is 97.2 cm³/mol. The average molecular weight is 332 g/mol. The number of ether oxygens (including phenoxy) is 1. The van der Waals surface area contributed by atoms with Crippen molar-refractivity contribution in [3.63, 3.8) is 0 Å². The summed E-state index contributed by atoms with van der Waals surface area (Å²) in [5.74, 6) is 0.949. The van der Waals surface area contributed by atoms with Crippen molar-refractivity contribution in [1.29, 1.82) is 0 Å². The van der Waals surface area contributed by atoms with Gasteiger partial charge in [-0.1, -0.05) is 31.2 Å². The first-order valence-electron chi connectivity index (χ1n) is 8.40. The fraction of sp³-hybridized carbons (Fsp3) is 0.190. The van der Waals surface area contributed by atoms with Gasteiger partial charge in [0.15, 0.2) is 5.82 Å². The molecule has 0 atom stereocenters. The average Bonchev–Trinajstić information content (AvgIpc) is 2.68. The molecular formula is C21H20N2O2. The number of nitrogens with zero attached hydrogens (tertiary/aromatic N) is 2. The maximum Gasteiger partial charge on any atom is 0.311 e. The van der Waals surface area contributed by atoms with Gasteiger partial charge >= 0.3 is 5.97 Å². The zero-order valence-electron chi connectivity index (χ0n) is 14.2. The Balaban J connectivity index is 1.54. The van der Waals surface area contributed by atoms with Crippen LogP contribution in [0, 0.1) is 0 Å². The van der Waals surface area contributed by atoms with E-state index in [1.807, 2.05) is 12.1 Å². The molecule has 3 rings (SSSR count). The molecule has 0 N–H and O–H groups in total. The molecule has 0 aliphatic carbocycles. The van der Waals surface area contributed by atoms with Gasteiger partial charge < -0.3 is 4.74 Å². The van der Waals surface area contributed by atoms with Crippen molar-refractivity contribution in [1.82, 2.24) is 9.97 Å². The first-order valence-corrected chi connectivity index (χ1v) is 8.40. The topological polar surface area (TPSA) is 52.1 Å². The lowest BCUT2D eigenvalue weighted by Gasteiger charge is -2.06. The fourth-order valence-electron chi connectivity index (χ4n) is 2.49. The number of carbonyl (C=O) groups excluding carboxylic acids is 1. The van der Waals surface area contributed by atoms with Crippen LogP contribution in [0.1, 0.15) is 24.5 Å². The monoisotopic (exact) mass is 332 g/mol. The highest BCUT2D eigenvalue weighted by Crippen LogP contribution is 2.19. The van der Waals surface area contributed by atoms with Crippen molar-refractivity contribution >= 4 is 5.97 Å². The molecule has 0 aliphatic heterocycles. The van der Waals surface area contributed by atoms with E-state index in [4.69, 9.17) is 4.74 Å². The van der Waals surface area contributed by atoms with Crippen molar-refractivity contribution in [3.8, 4) is 17.1 Å². The molecule has 0 radical (unpaired) electrons. The van der Waals surface area contributed by atoms with Crippen LogP contribution in [-0.2, 0) is 17.6 Å².